The van der Waals surface area contributed by atoms with E-state index in [0.29, 0.717) is 0 Å². The first kappa shape index (κ1) is 20.1. The van der Waals surface area contributed by atoms with Crippen LogP contribution in [0.4, 0.5) is 5.69 Å². The van der Waals surface area contributed by atoms with Crippen LogP contribution in [0, 0.1) is 0 Å². The minimum absolute atomic E-state index is 0.116. The molecule has 1 aromatic rings. The predicted molar refractivity (Wildman–Crippen MR) is 112 cm³/mol. The molecule has 2 saturated heterocycles. The molecule has 4 rings (SSSR count). The van der Waals surface area contributed by atoms with Crippen molar-refractivity contribution in [1.29, 1.82) is 0 Å². The SMILES string of the molecule is COC(C)c1ncc(N2CCN(C3CC3)CC2)cc1B1OC(C)(C)C(C)(C)O1. The van der Waals surface area contributed by atoms with Gasteiger partial charge in [-0.1, -0.05) is 0 Å². The zero-order chi connectivity index (χ0) is 20.1. The highest BCUT2D eigenvalue weighted by molar-refractivity contribution is 6.62. The lowest BCUT2D eigenvalue weighted by Gasteiger charge is -2.36. The average Bonchev–Trinajstić information content (AvgIpc) is 3.48. The molecule has 1 atom stereocenters. The van der Waals surface area contributed by atoms with Crippen LogP contribution in [0.1, 0.15) is 59.3 Å². The lowest BCUT2D eigenvalue weighted by molar-refractivity contribution is 0.00578. The molecule has 0 radical (unpaired) electrons. The van der Waals surface area contributed by atoms with E-state index in [9.17, 15) is 0 Å². The number of nitrogens with zero attached hydrogens (tertiary/aromatic N) is 3. The van der Waals surface area contributed by atoms with Crippen molar-refractivity contribution in [2.24, 2.45) is 0 Å². The highest BCUT2D eigenvalue weighted by Gasteiger charge is 2.52. The quantitative estimate of drug-likeness (QED) is 0.723. The number of anilines is 1. The van der Waals surface area contributed by atoms with Gasteiger partial charge in [0.1, 0.15) is 0 Å². The Morgan fingerprint density at radius 1 is 1.11 bits per heavy atom. The van der Waals surface area contributed by atoms with E-state index in [1.165, 1.54) is 12.8 Å². The molecule has 0 bridgehead atoms. The normalized spacial score (nSPS) is 25.9. The van der Waals surface area contributed by atoms with Crippen LogP contribution in [-0.2, 0) is 14.0 Å². The fourth-order valence-electron chi connectivity index (χ4n) is 4.05. The third-order valence-corrected chi connectivity index (χ3v) is 6.92. The second-order valence-corrected chi connectivity index (χ2v) is 9.39. The van der Waals surface area contributed by atoms with E-state index in [4.69, 9.17) is 19.0 Å². The van der Waals surface area contributed by atoms with Crippen LogP contribution in [0.15, 0.2) is 12.3 Å². The van der Waals surface area contributed by atoms with Crippen molar-refractivity contribution in [1.82, 2.24) is 9.88 Å². The molecule has 1 aliphatic carbocycles. The van der Waals surface area contributed by atoms with E-state index >= 15 is 0 Å². The maximum Gasteiger partial charge on any atom is 0.496 e. The fourth-order valence-corrected chi connectivity index (χ4v) is 4.05. The number of hydrogen-bond acceptors (Lipinski definition) is 6. The number of pyridine rings is 1. The van der Waals surface area contributed by atoms with Crippen LogP contribution in [0.2, 0.25) is 0 Å². The highest BCUT2D eigenvalue weighted by Crippen LogP contribution is 2.37. The van der Waals surface area contributed by atoms with Crippen molar-refractivity contribution in [3.05, 3.63) is 18.0 Å². The first-order chi connectivity index (χ1) is 13.2. The summed E-state index contributed by atoms with van der Waals surface area (Å²) < 4.78 is 18.3. The molecule has 3 heterocycles. The van der Waals surface area contributed by atoms with Crippen molar-refractivity contribution in [2.45, 2.75) is 70.8 Å². The van der Waals surface area contributed by atoms with E-state index in [-0.39, 0.29) is 17.3 Å². The predicted octanol–water partition coefficient (Wildman–Crippen LogP) is 2.37. The van der Waals surface area contributed by atoms with Gasteiger partial charge in [0.2, 0.25) is 0 Å². The van der Waals surface area contributed by atoms with E-state index in [1.807, 2.05) is 13.1 Å². The van der Waals surface area contributed by atoms with Gasteiger partial charge in [0, 0.05) is 44.8 Å². The van der Waals surface area contributed by atoms with Gasteiger partial charge in [-0.3, -0.25) is 9.88 Å². The topological polar surface area (TPSA) is 47.1 Å². The lowest BCUT2D eigenvalue weighted by atomic mass is 9.76. The number of rotatable bonds is 5. The Hall–Kier alpha value is -1.15. The summed E-state index contributed by atoms with van der Waals surface area (Å²) in [7, 11) is 1.28. The third-order valence-electron chi connectivity index (χ3n) is 6.92. The second kappa shape index (κ2) is 7.28. The van der Waals surface area contributed by atoms with Gasteiger partial charge in [0.05, 0.1) is 34.9 Å². The van der Waals surface area contributed by atoms with Gasteiger partial charge in [-0.25, -0.2) is 0 Å². The molecular weight excluding hydrogens is 353 g/mol. The molecule has 0 amide bonds. The van der Waals surface area contributed by atoms with Gasteiger partial charge < -0.3 is 18.9 Å². The summed E-state index contributed by atoms with van der Waals surface area (Å²) in [6, 6.07) is 3.04. The maximum absolute atomic E-state index is 6.34. The maximum atomic E-state index is 6.34. The fraction of sp³-hybridized carbons (Fsp3) is 0.762. The molecule has 6 nitrogen and oxygen atoms in total. The standard InChI is InChI=1S/C21H34BN3O3/c1-15(26-6)19-18(22-27-20(2,3)21(4,5)28-22)13-17(14-23-19)25-11-9-24(10-12-25)16-7-8-16/h13-16H,7-12H2,1-6H3. The summed E-state index contributed by atoms with van der Waals surface area (Å²) in [5.74, 6) is 0. The van der Waals surface area contributed by atoms with Gasteiger partial charge in [0.15, 0.2) is 0 Å². The Balaban J connectivity index is 1.59. The zero-order valence-corrected chi connectivity index (χ0v) is 18.2. The molecule has 1 aromatic heterocycles. The minimum Gasteiger partial charge on any atom is -0.399 e. The molecular formula is C21H34BN3O3. The molecule has 3 aliphatic rings. The van der Waals surface area contributed by atoms with E-state index in [2.05, 4.69) is 43.6 Å². The van der Waals surface area contributed by atoms with Crippen molar-refractivity contribution in [3.63, 3.8) is 0 Å². The average molecular weight is 387 g/mol. The molecule has 7 heteroatoms. The lowest BCUT2D eigenvalue weighted by Crippen LogP contribution is -2.48. The molecule has 1 unspecified atom stereocenters. The first-order valence-electron chi connectivity index (χ1n) is 10.6. The van der Waals surface area contributed by atoms with Gasteiger partial charge in [0.25, 0.3) is 0 Å². The largest absolute Gasteiger partial charge is 0.496 e. The van der Waals surface area contributed by atoms with E-state index in [1.54, 1.807) is 7.11 Å². The summed E-state index contributed by atoms with van der Waals surface area (Å²) >= 11 is 0. The smallest absolute Gasteiger partial charge is 0.399 e. The number of ether oxygens (including phenoxy) is 1. The number of methoxy groups -OCH3 is 1. The summed E-state index contributed by atoms with van der Waals surface area (Å²) in [5, 5.41) is 0. The van der Waals surface area contributed by atoms with E-state index < -0.39 is 7.12 Å². The molecule has 1 saturated carbocycles. The minimum atomic E-state index is -0.433. The number of piperazine rings is 1. The Labute approximate surface area is 169 Å². The zero-order valence-electron chi connectivity index (χ0n) is 18.2. The van der Waals surface area contributed by atoms with Crippen LogP contribution in [0.5, 0.6) is 0 Å². The van der Waals surface area contributed by atoms with Crippen LogP contribution >= 0.6 is 0 Å². The van der Waals surface area contributed by atoms with Crippen LogP contribution in [0.3, 0.4) is 0 Å². The van der Waals surface area contributed by atoms with Crippen LogP contribution in [-0.4, -0.2) is 67.5 Å². The Kier molecular flexibility index (Phi) is 5.23. The summed E-state index contributed by atoms with van der Waals surface area (Å²) in [5.41, 5.74) is 2.26. The van der Waals surface area contributed by atoms with Crippen molar-refractivity contribution in [3.8, 4) is 0 Å². The molecule has 3 fully saturated rings. The molecule has 28 heavy (non-hydrogen) atoms. The third kappa shape index (κ3) is 3.70. The van der Waals surface area contributed by atoms with Gasteiger partial charge >= 0.3 is 7.12 Å². The Morgan fingerprint density at radius 2 is 1.71 bits per heavy atom. The van der Waals surface area contributed by atoms with Crippen molar-refractivity contribution < 1.29 is 14.0 Å². The van der Waals surface area contributed by atoms with E-state index in [0.717, 1.165) is 49.1 Å². The van der Waals surface area contributed by atoms with Crippen molar-refractivity contribution >= 4 is 18.3 Å². The van der Waals surface area contributed by atoms with Gasteiger partial charge in [-0.05, 0) is 53.5 Å². The van der Waals surface area contributed by atoms with Crippen LogP contribution in [0.25, 0.3) is 0 Å². The van der Waals surface area contributed by atoms with Crippen molar-refractivity contribution in [2.75, 3.05) is 38.2 Å². The Morgan fingerprint density at radius 3 is 2.25 bits per heavy atom. The molecule has 0 N–H and O–H groups in total. The number of hydrogen-bond donors (Lipinski definition) is 0. The molecule has 2 aliphatic heterocycles. The molecule has 0 aromatic carbocycles. The van der Waals surface area contributed by atoms with Crippen LogP contribution < -0.4 is 10.4 Å². The first-order valence-corrected chi connectivity index (χ1v) is 10.6. The highest BCUT2D eigenvalue weighted by atomic mass is 16.7. The Bertz CT molecular complexity index is 699. The number of aromatic nitrogens is 1. The monoisotopic (exact) mass is 387 g/mol. The summed E-state index contributed by atoms with van der Waals surface area (Å²) in [6.07, 6.45) is 4.61. The summed E-state index contributed by atoms with van der Waals surface area (Å²) in [4.78, 5) is 9.85. The second-order valence-electron chi connectivity index (χ2n) is 9.39. The van der Waals surface area contributed by atoms with Gasteiger partial charge in [-0.2, -0.15) is 0 Å². The molecule has 154 valence electrons. The molecule has 0 spiro atoms. The summed E-state index contributed by atoms with van der Waals surface area (Å²) in [6.45, 7) is 14.7. The van der Waals surface area contributed by atoms with Gasteiger partial charge in [-0.15, -0.1) is 0 Å².